The second-order valence-electron chi connectivity index (χ2n) is 11.8. The first kappa shape index (κ1) is 27.4. The summed E-state index contributed by atoms with van der Waals surface area (Å²) in [6, 6.07) is 5.63. The van der Waals surface area contributed by atoms with Crippen molar-refractivity contribution in [3.8, 4) is 5.75 Å². The summed E-state index contributed by atoms with van der Waals surface area (Å²) < 4.78 is 16.2. The Balaban J connectivity index is 1.44. The van der Waals surface area contributed by atoms with Crippen LogP contribution < -0.4 is 4.74 Å². The van der Waals surface area contributed by atoms with Gasteiger partial charge in [-0.15, -0.1) is 0 Å². The number of amides is 1. The highest BCUT2D eigenvalue weighted by atomic mass is 16.6. The van der Waals surface area contributed by atoms with E-state index in [1.807, 2.05) is 32.6 Å². The van der Waals surface area contributed by atoms with Crippen LogP contribution in [-0.4, -0.2) is 72.3 Å². The van der Waals surface area contributed by atoms with Crippen molar-refractivity contribution in [1.82, 2.24) is 9.80 Å². The molecule has 37 heavy (non-hydrogen) atoms. The molecule has 0 bridgehead atoms. The van der Waals surface area contributed by atoms with E-state index in [4.69, 9.17) is 14.2 Å². The lowest BCUT2D eigenvalue weighted by atomic mass is 9.69. The van der Waals surface area contributed by atoms with Crippen LogP contribution >= 0.6 is 0 Å². The summed E-state index contributed by atoms with van der Waals surface area (Å²) in [5.74, 6) is 0.147. The Kier molecular flexibility index (Phi) is 8.46. The normalized spacial score (nSPS) is 25.7. The van der Waals surface area contributed by atoms with Crippen LogP contribution in [0.3, 0.4) is 0 Å². The number of carbonyl (C=O) groups excluding carboxylic acids is 3. The summed E-state index contributed by atoms with van der Waals surface area (Å²) in [6.07, 6.45) is 5.83. The van der Waals surface area contributed by atoms with Gasteiger partial charge >= 0.3 is 18.0 Å². The fraction of sp³-hybridized carbons (Fsp3) is 0.690. The van der Waals surface area contributed by atoms with E-state index in [-0.39, 0.29) is 29.9 Å². The predicted octanol–water partition coefficient (Wildman–Crippen LogP) is 4.97. The lowest BCUT2D eigenvalue weighted by Crippen LogP contribution is -2.65. The van der Waals surface area contributed by atoms with E-state index >= 15 is 0 Å². The van der Waals surface area contributed by atoms with Gasteiger partial charge in [0.15, 0.2) is 0 Å². The third-order valence-electron chi connectivity index (χ3n) is 7.95. The average molecular weight is 515 g/mol. The predicted molar refractivity (Wildman–Crippen MR) is 140 cm³/mol. The van der Waals surface area contributed by atoms with E-state index in [0.29, 0.717) is 37.3 Å². The Morgan fingerprint density at radius 1 is 1.08 bits per heavy atom. The molecule has 3 aliphatic heterocycles. The molecule has 0 aromatic heterocycles. The van der Waals surface area contributed by atoms with Gasteiger partial charge in [0.05, 0.1) is 7.11 Å². The highest BCUT2D eigenvalue weighted by molar-refractivity contribution is 5.93. The van der Waals surface area contributed by atoms with Crippen LogP contribution in [-0.2, 0) is 14.3 Å². The SMILES string of the molecule is COC(=O)c1cc(C)ccc1OC(=O)CCCC1C2CCCN3CCCC(CN1C(=O)OC(C)(C)C)C23. The van der Waals surface area contributed by atoms with Gasteiger partial charge in [0.2, 0.25) is 0 Å². The highest BCUT2D eigenvalue weighted by Crippen LogP contribution is 2.43. The van der Waals surface area contributed by atoms with Crippen molar-refractivity contribution in [3.63, 3.8) is 0 Å². The summed E-state index contributed by atoms with van der Waals surface area (Å²) in [4.78, 5) is 42.8. The van der Waals surface area contributed by atoms with Crippen molar-refractivity contribution < 1.29 is 28.6 Å². The van der Waals surface area contributed by atoms with E-state index < -0.39 is 17.5 Å². The minimum absolute atomic E-state index is 0.0369. The number of likely N-dealkylation sites (tertiary alicyclic amines) is 1. The lowest BCUT2D eigenvalue weighted by molar-refractivity contribution is -0.134. The molecule has 1 aromatic rings. The minimum Gasteiger partial charge on any atom is -0.465 e. The maximum atomic E-state index is 13.3. The number of hydrogen-bond donors (Lipinski definition) is 0. The van der Waals surface area contributed by atoms with Gasteiger partial charge in [0.25, 0.3) is 0 Å². The number of piperidine rings is 3. The molecule has 1 amide bonds. The molecule has 8 nitrogen and oxygen atoms in total. The zero-order valence-electron chi connectivity index (χ0n) is 23.0. The first-order valence-electron chi connectivity index (χ1n) is 13.7. The molecule has 4 rings (SSSR count). The number of hydrogen-bond acceptors (Lipinski definition) is 7. The maximum absolute atomic E-state index is 13.3. The molecule has 0 radical (unpaired) electrons. The molecule has 0 N–H and O–H groups in total. The smallest absolute Gasteiger partial charge is 0.410 e. The van der Waals surface area contributed by atoms with Crippen molar-refractivity contribution in [2.75, 3.05) is 26.7 Å². The Bertz CT molecular complexity index is 1000. The van der Waals surface area contributed by atoms with Crippen LogP contribution in [0, 0.1) is 18.8 Å². The summed E-state index contributed by atoms with van der Waals surface area (Å²) in [5, 5.41) is 0. The molecule has 3 saturated heterocycles. The number of ether oxygens (including phenoxy) is 3. The second kappa shape index (κ2) is 11.4. The summed E-state index contributed by atoms with van der Waals surface area (Å²) >= 11 is 0. The largest absolute Gasteiger partial charge is 0.465 e. The van der Waals surface area contributed by atoms with Crippen molar-refractivity contribution in [1.29, 1.82) is 0 Å². The Labute approximate surface area is 220 Å². The highest BCUT2D eigenvalue weighted by Gasteiger charge is 2.50. The summed E-state index contributed by atoms with van der Waals surface area (Å²) in [5.41, 5.74) is 0.561. The second-order valence-corrected chi connectivity index (χ2v) is 11.8. The van der Waals surface area contributed by atoms with Gasteiger partial charge < -0.3 is 19.1 Å². The fourth-order valence-corrected chi connectivity index (χ4v) is 6.53. The van der Waals surface area contributed by atoms with Gasteiger partial charge in [-0.1, -0.05) is 6.07 Å². The van der Waals surface area contributed by atoms with Gasteiger partial charge in [0.1, 0.15) is 16.9 Å². The minimum atomic E-state index is -0.557. The molecule has 3 heterocycles. The number of aryl methyl sites for hydroxylation is 1. The molecular formula is C29H42N2O6. The van der Waals surface area contributed by atoms with Gasteiger partial charge in [-0.3, -0.25) is 9.69 Å². The monoisotopic (exact) mass is 514 g/mol. The third-order valence-corrected chi connectivity index (χ3v) is 7.95. The topological polar surface area (TPSA) is 85.4 Å². The van der Waals surface area contributed by atoms with Gasteiger partial charge in [-0.2, -0.15) is 0 Å². The number of rotatable bonds is 6. The number of methoxy groups -OCH3 is 1. The van der Waals surface area contributed by atoms with Gasteiger partial charge in [-0.25, -0.2) is 9.59 Å². The fourth-order valence-electron chi connectivity index (χ4n) is 6.53. The molecule has 3 aliphatic rings. The Morgan fingerprint density at radius 3 is 2.51 bits per heavy atom. The lowest BCUT2D eigenvalue weighted by Gasteiger charge is -2.57. The number of esters is 2. The number of nitrogens with zero attached hydrogens (tertiary/aromatic N) is 2. The maximum Gasteiger partial charge on any atom is 0.410 e. The summed E-state index contributed by atoms with van der Waals surface area (Å²) in [7, 11) is 1.31. The number of benzene rings is 1. The van der Waals surface area contributed by atoms with Crippen molar-refractivity contribution >= 4 is 18.0 Å². The Hall–Kier alpha value is -2.61. The number of carbonyl (C=O) groups is 3. The van der Waals surface area contributed by atoms with E-state index in [2.05, 4.69) is 4.90 Å². The van der Waals surface area contributed by atoms with Crippen molar-refractivity contribution in [2.45, 2.75) is 90.3 Å². The molecule has 4 atom stereocenters. The van der Waals surface area contributed by atoms with Crippen LogP contribution in [0.1, 0.15) is 81.6 Å². The first-order chi connectivity index (χ1) is 17.6. The molecule has 0 aliphatic carbocycles. The average Bonchev–Trinajstić information content (AvgIpc) is 2.85. The van der Waals surface area contributed by atoms with E-state index in [1.165, 1.54) is 13.5 Å². The van der Waals surface area contributed by atoms with Crippen LogP contribution in [0.25, 0.3) is 0 Å². The van der Waals surface area contributed by atoms with Crippen LogP contribution in [0.5, 0.6) is 5.75 Å². The molecule has 1 aromatic carbocycles. The van der Waals surface area contributed by atoms with Crippen molar-refractivity contribution in [3.05, 3.63) is 29.3 Å². The van der Waals surface area contributed by atoms with E-state index in [0.717, 1.165) is 37.9 Å². The quantitative estimate of drug-likeness (QED) is 0.391. The first-order valence-corrected chi connectivity index (χ1v) is 13.7. The van der Waals surface area contributed by atoms with Crippen LogP contribution in [0.15, 0.2) is 18.2 Å². The van der Waals surface area contributed by atoms with E-state index in [9.17, 15) is 14.4 Å². The molecule has 3 fully saturated rings. The molecular weight excluding hydrogens is 472 g/mol. The molecule has 0 spiro atoms. The molecule has 0 saturated carbocycles. The van der Waals surface area contributed by atoms with Gasteiger partial charge in [0, 0.05) is 25.0 Å². The zero-order valence-corrected chi connectivity index (χ0v) is 23.0. The molecule has 204 valence electrons. The zero-order chi connectivity index (χ0) is 26.7. The van der Waals surface area contributed by atoms with Crippen molar-refractivity contribution in [2.24, 2.45) is 11.8 Å². The molecule has 8 heteroatoms. The molecule has 4 unspecified atom stereocenters. The third kappa shape index (κ3) is 6.46. The standard InChI is InChI=1S/C29H42N2O6/c1-19-13-14-24(22(17-19)27(33)35-5)36-25(32)12-6-11-23-21-10-8-16-30-15-7-9-20(26(21)30)18-31(23)28(34)37-29(2,3)4/h13-14,17,20-21,23,26H,6-12,15-16,18H2,1-5H3. The van der Waals surface area contributed by atoms with Gasteiger partial charge in [-0.05, 0) is 109 Å². The summed E-state index contributed by atoms with van der Waals surface area (Å²) in [6.45, 7) is 10.6. The van der Waals surface area contributed by atoms with E-state index in [1.54, 1.807) is 18.2 Å². The van der Waals surface area contributed by atoms with Crippen LogP contribution in [0.4, 0.5) is 4.79 Å². The van der Waals surface area contributed by atoms with Crippen LogP contribution in [0.2, 0.25) is 0 Å². The Morgan fingerprint density at radius 2 is 1.81 bits per heavy atom.